The summed E-state index contributed by atoms with van der Waals surface area (Å²) in [5.74, 6) is 2.42. The lowest BCUT2D eigenvalue weighted by Crippen LogP contribution is -2.49. The Bertz CT molecular complexity index is 494. The molecule has 2 saturated heterocycles. The summed E-state index contributed by atoms with van der Waals surface area (Å²) < 4.78 is 5.54. The first-order valence-electron chi connectivity index (χ1n) is 11.6. The summed E-state index contributed by atoms with van der Waals surface area (Å²) in [7, 11) is 0. The van der Waals surface area contributed by atoms with Gasteiger partial charge in [0, 0.05) is 31.7 Å². The van der Waals surface area contributed by atoms with Crippen LogP contribution in [0.3, 0.4) is 0 Å². The fourth-order valence-corrected chi connectivity index (χ4v) is 6.29. The van der Waals surface area contributed by atoms with E-state index in [0.29, 0.717) is 18.0 Å². The first-order chi connectivity index (χ1) is 13.2. The van der Waals surface area contributed by atoms with Crippen LogP contribution in [0.2, 0.25) is 0 Å². The number of morpholine rings is 1. The van der Waals surface area contributed by atoms with Crippen LogP contribution in [0, 0.1) is 17.8 Å². The number of nitrogens with zero attached hydrogens (tertiary/aromatic N) is 1. The monoisotopic (exact) mass is 377 g/mol. The van der Waals surface area contributed by atoms with Crippen molar-refractivity contribution in [3.8, 4) is 0 Å². The third-order valence-corrected chi connectivity index (χ3v) is 7.80. The van der Waals surface area contributed by atoms with Gasteiger partial charge >= 0.3 is 0 Å². The highest BCUT2D eigenvalue weighted by Gasteiger charge is 2.41. The summed E-state index contributed by atoms with van der Waals surface area (Å²) in [4.78, 5) is 15.4. The molecule has 6 atom stereocenters. The predicted molar refractivity (Wildman–Crippen MR) is 108 cm³/mol. The lowest BCUT2D eigenvalue weighted by atomic mass is 9.78. The van der Waals surface area contributed by atoms with Crippen molar-refractivity contribution in [3.63, 3.8) is 0 Å². The second-order valence-electron chi connectivity index (χ2n) is 9.49. The Labute approximate surface area is 165 Å². The quantitative estimate of drug-likeness (QED) is 0.773. The molecule has 6 unspecified atom stereocenters. The standard InChI is InChI=1S/C22H39N3O2/c1-16-5-4-7-18-15-19(24-21(16)18)22(26)23-10-9-17-6-2-3-8-20(17)25-11-13-27-14-12-25/h16-21,24H,2-15H2,1H3,(H,23,26). The average Bonchev–Trinajstić information content (AvgIpc) is 3.15. The van der Waals surface area contributed by atoms with E-state index in [1.54, 1.807) is 0 Å². The molecule has 2 saturated carbocycles. The summed E-state index contributed by atoms with van der Waals surface area (Å²) in [6, 6.07) is 1.31. The normalized spacial score (nSPS) is 40.5. The fraction of sp³-hybridized carbons (Fsp3) is 0.955. The number of fused-ring (bicyclic) bond motifs is 1. The summed E-state index contributed by atoms with van der Waals surface area (Å²) in [6.07, 6.45) is 11.5. The van der Waals surface area contributed by atoms with Gasteiger partial charge in [-0.25, -0.2) is 0 Å². The molecule has 2 N–H and O–H groups in total. The van der Waals surface area contributed by atoms with E-state index in [2.05, 4.69) is 22.5 Å². The summed E-state index contributed by atoms with van der Waals surface area (Å²) in [5, 5.41) is 6.93. The van der Waals surface area contributed by atoms with Gasteiger partial charge < -0.3 is 15.4 Å². The van der Waals surface area contributed by atoms with E-state index >= 15 is 0 Å². The van der Waals surface area contributed by atoms with E-state index in [4.69, 9.17) is 4.74 Å². The predicted octanol–water partition coefficient (Wildman–Crippen LogP) is 2.55. The highest BCUT2D eigenvalue weighted by Crippen LogP contribution is 2.36. The molecule has 5 heteroatoms. The van der Waals surface area contributed by atoms with Crippen LogP contribution in [0.4, 0.5) is 0 Å². The summed E-state index contributed by atoms with van der Waals surface area (Å²) in [5.41, 5.74) is 0. The van der Waals surface area contributed by atoms with E-state index < -0.39 is 0 Å². The molecule has 0 spiro atoms. The number of amides is 1. The molecule has 0 bridgehead atoms. The summed E-state index contributed by atoms with van der Waals surface area (Å²) in [6.45, 7) is 7.12. The molecule has 0 aromatic heterocycles. The molecular weight excluding hydrogens is 338 g/mol. The Kier molecular flexibility index (Phi) is 6.72. The van der Waals surface area contributed by atoms with E-state index in [1.807, 2.05) is 0 Å². The molecule has 4 rings (SSSR count). The second kappa shape index (κ2) is 9.23. The van der Waals surface area contributed by atoms with Crippen molar-refractivity contribution in [2.75, 3.05) is 32.8 Å². The van der Waals surface area contributed by atoms with E-state index in [0.717, 1.165) is 57.5 Å². The van der Waals surface area contributed by atoms with Gasteiger partial charge in [0.25, 0.3) is 0 Å². The molecule has 4 aliphatic rings. The van der Waals surface area contributed by atoms with Gasteiger partial charge in [-0.05, 0) is 56.3 Å². The van der Waals surface area contributed by atoms with Crippen molar-refractivity contribution in [3.05, 3.63) is 0 Å². The van der Waals surface area contributed by atoms with Crippen LogP contribution in [0.25, 0.3) is 0 Å². The molecule has 0 aromatic rings. The number of carbonyl (C=O) groups is 1. The lowest BCUT2D eigenvalue weighted by Gasteiger charge is -2.41. The number of hydrogen-bond donors (Lipinski definition) is 2. The minimum absolute atomic E-state index is 0.0435. The number of ether oxygens (including phenoxy) is 1. The minimum atomic E-state index is 0.0435. The molecule has 2 heterocycles. The molecule has 2 aliphatic carbocycles. The van der Waals surface area contributed by atoms with Gasteiger partial charge in [0.15, 0.2) is 0 Å². The van der Waals surface area contributed by atoms with Gasteiger partial charge in [0.1, 0.15) is 0 Å². The third-order valence-electron chi connectivity index (χ3n) is 7.80. The molecule has 154 valence electrons. The highest BCUT2D eigenvalue weighted by molar-refractivity contribution is 5.82. The Morgan fingerprint density at radius 1 is 1.11 bits per heavy atom. The number of rotatable bonds is 5. The number of carbonyl (C=O) groups excluding carboxylic acids is 1. The van der Waals surface area contributed by atoms with E-state index in [9.17, 15) is 4.79 Å². The van der Waals surface area contributed by atoms with Crippen molar-refractivity contribution >= 4 is 5.91 Å². The smallest absolute Gasteiger partial charge is 0.237 e. The number of nitrogens with one attached hydrogen (secondary N) is 2. The van der Waals surface area contributed by atoms with Gasteiger partial charge in [-0.15, -0.1) is 0 Å². The van der Waals surface area contributed by atoms with Gasteiger partial charge in [-0.1, -0.05) is 26.2 Å². The maximum Gasteiger partial charge on any atom is 0.237 e. The van der Waals surface area contributed by atoms with Gasteiger partial charge in [0.2, 0.25) is 5.91 Å². The third kappa shape index (κ3) is 4.68. The van der Waals surface area contributed by atoms with Crippen molar-refractivity contribution in [1.29, 1.82) is 0 Å². The lowest BCUT2D eigenvalue weighted by molar-refractivity contribution is -0.123. The molecular formula is C22H39N3O2. The van der Waals surface area contributed by atoms with Crippen molar-refractivity contribution < 1.29 is 9.53 Å². The molecule has 0 aromatic carbocycles. The number of hydrogen-bond acceptors (Lipinski definition) is 4. The van der Waals surface area contributed by atoms with Crippen LogP contribution in [0.5, 0.6) is 0 Å². The van der Waals surface area contributed by atoms with Crippen LogP contribution in [0.15, 0.2) is 0 Å². The maximum atomic E-state index is 12.7. The van der Waals surface area contributed by atoms with Crippen LogP contribution in [0.1, 0.15) is 64.7 Å². The second-order valence-corrected chi connectivity index (χ2v) is 9.49. The molecule has 27 heavy (non-hydrogen) atoms. The van der Waals surface area contributed by atoms with E-state index in [-0.39, 0.29) is 11.9 Å². The summed E-state index contributed by atoms with van der Waals surface area (Å²) >= 11 is 0. The van der Waals surface area contributed by atoms with Crippen LogP contribution in [-0.4, -0.2) is 61.8 Å². The first kappa shape index (κ1) is 19.7. The van der Waals surface area contributed by atoms with Gasteiger partial charge in [-0.2, -0.15) is 0 Å². The highest BCUT2D eigenvalue weighted by atomic mass is 16.5. The molecule has 4 fully saturated rings. The van der Waals surface area contributed by atoms with Crippen molar-refractivity contribution in [1.82, 2.24) is 15.5 Å². The first-order valence-corrected chi connectivity index (χ1v) is 11.6. The Morgan fingerprint density at radius 3 is 2.74 bits per heavy atom. The SMILES string of the molecule is CC1CCCC2CC(C(=O)NCCC3CCCCC3N3CCOCC3)NC12. The van der Waals surface area contributed by atoms with Crippen molar-refractivity contribution in [2.24, 2.45) is 17.8 Å². The van der Waals surface area contributed by atoms with E-state index in [1.165, 1.54) is 44.9 Å². The average molecular weight is 378 g/mol. The zero-order valence-corrected chi connectivity index (χ0v) is 17.1. The van der Waals surface area contributed by atoms with Crippen LogP contribution >= 0.6 is 0 Å². The molecule has 5 nitrogen and oxygen atoms in total. The topological polar surface area (TPSA) is 53.6 Å². The zero-order valence-electron chi connectivity index (χ0n) is 17.1. The maximum absolute atomic E-state index is 12.7. The molecule has 0 radical (unpaired) electrons. The Balaban J connectivity index is 1.23. The van der Waals surface area contributed by atoms with Gasteiger partial charge in [0.05, 0.1) is 19.3 Å². The Hall–Kier alpha value is -0.650. The minimum Gasteiger partial charge on any atom is -0.379 e. The van der Waals surface area contributed by atoms with Gasteiger partial charge in [-0.3, -0.25) is 9.69 Å². The van der Waals surface area contributed by atoms with Crippen LogP contribution < -0.4 is 10.6 Å². The largest absolute Gasteiger partial charge is 0.379 e. The molecule has 2 aliphatic heterocycles. The van der Waals surface area contributed by atoms with Crippen molar-refractivity contribution in [2.45, 2.75) is 82.8 Å². The molecule has 1 amide bonds. The van der Waals surface area contributed by atoms with Crippen LogP contribution in [-0.2, 0) is 9.53 Å². The fourth-order valence-electron chi connectivity index (χ4n) is 6.29. The zero-order chi connectivity index (χ0) is 18.6. The Morgan fingerprint density at radius 2 is 1.93 bits per heavy atom.